The van der Waals surface area contributed by atoms with Crippen LogP contribution in [-0.2, 0) is 0 Å². The van der Waals surface area contributed by atoms with E-state index in [-0.39, 0.29) is 11.9 Å². The molecule has 0 bridgehead atoms. The highest BCUT2D eigenvalue weighted by atomic mass is 16.5. The Kier molecular flexibility index (Phi) is 7.18. The van der Waals surface area contributed by atoms with Crippen LogP contribution >= 0.6 is 0 Å². The first-order chi connectivity index (χ1) is 11.7. The summed E-state index contributed by atoms with van der Waals surface area (Å²) in [6.07, 6.45) is 2.06. The van der Waals surface area contributed by atoms with Crippen molar-refractivity contribution in [2.45, 2.75) is 39.7 Å². The summed E-state index contributed by atoms with van der Waals surface area (Å²) in [5, 5.41) is 6.37. The molecular weight excluding hydrogens is 308 g/mol. The van der Waals surface area contributed by atoms with Crippen LogP contribution in [0.3, 0.4) is 0 Å². The fourth-order valence-electron chi connectivity index (χ4n) is 2.76. The topological polar surface area (TPSA) is 68.8 Å². The van der Waals surface area contributed by atoms with Gasteiger partial charge < -0.3 is 24.8 Å². The molecule has 134 valence electrons. The molecule has 6 heteroatoms. The largest absolute Gasteiger partial charge is 0.490 e. The van der Waals surface area contributed by atoms with Gasteiger partial charge in [0, 0.05) is 18.2 Å². The van der Waals surface area contributed by atoms with Crippen molar-refractivity contribution in [3.8, 4) is 17.2 Å². The number of benzene rings is 1. The van der Waals surface area contributed by atoms with Crippen LogP contribution in [0.15, 0.2) is 12.1 Å². The highest BCUT2D eigenvalue weighted by molar-refractivity contribution is 5.95. The van der Waals surface area contributed by atoms with Gasteiger partial charge in [-0.05, 0) is 52.3 Å². The molecule has 1 aromatic rings. The SMILES string of the molecule is CCOc1cc(C(=O)NC2CCCNC2)cc(OCC)c1OCC. The summed E-state index contributed by atoms with van der Waals surface area (Å²) in [7, 11) is 0. The number of hydrogen-bond acceptors (Lipinski definition) is 5. The average Bonchev–Trinajstić information content (AvgIpc) is 2.58. The molecule has 0 saturated carbocycles. The minimum Gasteiger partial charge on any atom is -0.490 e. The van der Waals surface area contributed by atoms with Crippen molar-refractivity contribution in [3.05, 3.63) is 17.7 Å². The van der Waals surface area contributed by atoms with Gasteiger partial charge in [-0.2, -0.15) is 0 Å². The predicted octanol–water partition coefficient (Wildman–Crippen LogP) is 2.36. The Bertz CT molecular complexity index is 515. The monoisotopic (exact) mass is 336 g/mol. The van der Waals surface area contributed by atoms with Crippen molar-refractivity contribution < 1.29 is 19.0 Å². The van der Waals surface area contributed by atoms with E-state index in [0.717, 1.165) is 25.9 Å². The van der Waals surface area contributed by atoms with E-state index in [9.17, 15) is 4.79 Å². The van der Waals surface area contributed by atoms with Gasteiger partial charge in [-0.25, -0.2) is 0 Å². The summed E-state index contributed by atoms with van der Waals surface area (Å²) in [6.45, 7) is 9.00. The zero-order chi connectivity index (χ0) is 17.4. The van der Waals surface area contributed by atoms with E-state index in [2.05, 4.69) is 10.6 Å². The molecule has 1 unspecified atom stereocenters. The minimum atomic E-state index is -0.117. The van der Waals surface area contributed by atoms with Crippen LogP contribution in [0.25, 0.3) is 0 Å². The first-order valence-corrected chi connectivity index (χ1v) is 8.77. The second-order valence-electron chi connectivity index (χ2n) is 5.62. The molecule has 2 N–H and O–H groups in total. The average molecular weight is 336 g/mol. The molecule has 2 rings (SSSR count). The van der Waals surface area contributed by atoms with Gasteiger partial charge >= 0.3 is 0 Å². The van der Waals surface area contributed by atoms with Gasteiger partial charge in [0.2, 0.25) is 5.75 Å². The smallest absolute Gasteiger partial charge is 0.251 e. The van der Waals surface area contributed by atoms with Gasteiger partial charge in [0.05, 0.1) is 19.8 Å². The Labute approximate surface area is 143 Å². The zero-order valence-corrected chi connectivity index (χ0v) is 14.8. The number of ether oxygens (including phenoxy) is 3. The molecule has 6 nitrogen and oxygen atoms in total. The molecular formula is C18H28N2O4. The number of carbonyl (C=O) groups excluding carboxylic acids is 1. The third-order valence-electron chi connectivity index (χ3n) is 3.80. The van der Waals surface area contributed by atoms with E-state index in [0.29, 0.717) is 42.6 Å². The zero-order valence-electron chi connectivity index (χ0n) is 14.8. The fourth-order valence-corrected chi connectivity index (χ4v) is 2.76. The molecule has 1 fully saturated rings. The van der Waals surface area contributed by atoms with E-state index >= 15 is 0 Å². The molecule has 1 aromatic carbocycles. The van der Waals surface area contributed by atoms with Crippen LogP contribution in [0, 0.1) is 0 Å². The van der Waals surface area contributed by atoms with E-state index in [1.165, 1.54) is 0 Å². The van der Waals surface area contributed by atoms with E-state index in [4.69, 9.17) is 14.2 Å². The van der Waals surface area contributed by atoms with E-state index in [1.807, 2.05) is 20.8 Å². The quantitative estimate of drug-likeness (QED) is 0.763. The van der Waals surface area contributed by atoms with Crippen LogP contribution in [0.2, 0.25) is 0 Å². The van der Waals surface area contributed by atoms with E-state index < -0.39 is 0 Å². The first kappa shape index (κ1) is 18.4. The summed E-state index contributed by atoms with van der Waals surface area (Å²) in [6, 6.07) is 3.61. The predicted molar refractivity (Wildman–Crippen MR) is 93.3 cm³/mol. The lowest BCUT2D eigenvalue weighted by molar-refractivity contribution is 0.0929. The molecule has 1 heterocycles. The maximum atomic E-state index is 12.6. The Balaban J connectivity index is 2.25. The van der Waals surface area contributed by atoms with Crippen LogP contribution in [0.4, 0.5) is 0 Å². The van der Waals surface area contributed by atoms with E-state index in [1.54, 1.807) is 12.1 Å². The molecule has 1 atom stereocenters. The van der Waals surface area contributed by atoms with Gasteiger partial charge in [-0.3, -0.25) is 4.79 Å². The van der Waals surface area contributed by atoms with Gasteiger partial charge in [0.1, 0.15) is 0 Å². The summed E-state index contributed by atoms with van der Waals surface area (Å²) in [5.41, 5.74) is 0.524. The summed E-state index contributed by atoms with van der Waals surface area (Å²) in [5.74, 6) is 1.51. The lowest BCUT2D eigenvalue weighted by Crippen LogP contribution is -2.45. The van der Waals surface area contributed by atoms with Crippen molar-refractivity contribution in [2.75, 3.05) is 32.9 Å². The molecule has 1 saturated heterocycles. The number of amides is 1. The summed E-state index contributed by atoms with van der Waals surface area (Å²) in [4.78, 5) is 12.6. The Hall–Kier alpha value is -1.95. The van der Waals surface area contributed by atoms with Crippen molar-refractivity contribution >= 4 is 5.91 Å². The van der Waals surface area contributed by atoms with Crippen LogP contribution < -0.4 is 24.8 Å². The van der Waals surface area contributed by atoms with Gasteiger partial charge in [-0.1, -0.05) is 0 Å². The second kappa shape index (κ2) is 9.37. The molecule has 0 spiro atoms. The van der Waals surface area contributed by atoms with Crippen molar-refractivity contribution in [1.82, 2.24) is 10.6 Å². The van der Waals surface area contributed by atoms with Crippen molar-refractivity contribution in [2.24, 2.45) is 0 Å². The Morgan fingerprint density at radius 3 is 2.25 bits per heavy atom. The van der Waals surface area contributed by atoms with Gasteiger partial charge in [0.25, 0.3) is 5.91 Å². The number of nitrogens with one attached hydrogen (secondary N) is 2. The van der Waals surface area contributed by atoms with Gasteiger partial charge in [0.15, 0.2) is 11.5 Å². The molecule has 1 aliphatic heterocycles. The minimum absolute atomic E-state index is 0.117. The maximum absolute atomic E-state index is 12.6. The van der Waals surface area contributed by atoms with Gasteiger partial charge in [-0.15, -0.1) is 0 Å². The summed E-state index contributed by atoms with van der Waals surface area (Å²) >= 11 is 0. The van der Waals surface area contributed by atoms with Crippen LogP contribution in [-0.4, -0.2) is 44.9 Å². The van der Waals surface area contributed by atoms with Crippen LogP contribution in [0.5, 0.6) is 17.2 Å². The Morgan fingerprint density at radius 1 is 1.12 bits per heavy atom. The van der Waals surface area contributed by atoms with Crippen molar-refractivity contribution in [3.63, 3.8) is 0 Å². The standard InChI is InChI=1S/C18H28N2O4/c1-4-22-15-10-13(11-16(23-5-2)17(15)24-6-3)18(21)20-14-8-7-9-19-12-14/h10-11,14,19H,4-9,12H2,1-3H3,(H,20,21). The third-order valence-corrected chi connectivity index (χ3v) is 3.80. The lowest BCUT2D eigenvalue weighted by atomic mass is 10.1. The molecule has 1 amide bonds. The molecule has 0 radical (unpaired) electrons. The normalized spacial score (nSPS) is 17.2. The third kappa shape index (κ3) is 4.77. The first-order valence-electron chi connectivity index (χ1n) is 8.77. The number of rotatable bonds is 8. The highest BCUT2D eigenvalue weighted by Crippen LogP contribution is 2.39. The van der Waals surface area contributed by atoms with Crippen LogP contribution in [0.1, 0.15) is 44.0 Å². The number of carbonyl (C=O) groups is 1. The Morgan fingerprint density at radius 2 is 1.75 bits per heavy atom. The summed E-state index contributed by atoms with van der Waals surface area (Å²) < 4.78 is 17.0. The molecule has 1 aliphatic rings. The fraction of sp³-hybridized carbons (Fsp3) is 0.611. The molecule has 0 aromatic heterocycles. The highest BCUT2D eigenvalue weighted by Gasteiger charge is 2.21. The molecule has 0 aliphatic carbocycles. The number of hydrogen-bond donors (Lipinski definition) is 2. The van der Waals surface area contributed by atoms with Crippen molar-refractivity contribution in [1.29, 1.82) is 0 Å². The number of piperidine rings is 1. The second-order valence-corrected chi connectivity index (χ2v) is 5.62. The molecule has 24 heavy (non-hydrogen) atoms. The maximum Gasteiger partial charge on any atom is 0.251 e. The lowest BCUT2D eigenvalue weighted by Gasteiger charge is -2.24.